The van der Waals surface area contributed by atoms with Gasteiger partial charge in [0, 0.05) is 0 Å². The standard InChI is InChI=1S/2C2H6O2.O.Ti/c2*3-1-2-4;;/h2*3-4H,1-2H2;;. The topological polar surface area (TPSA) is 98.0 Å². The van der Waals surface area contributed by atoms with Crippen molar-refractivity contribution < 1.29 is 44.2 Å². The van der Waals surface area contributed by atoms with Crippen molar-refractivity contribution in [3.63, 3.8) is 0 Å². The first-order valence-electron chi connectivity index (χ1n) is 2.47. The first-order valence-corrected chi connectivity index (χ1v) is 3.11. The van der Waals surface area contributed by atoms with Gasteiger partial charge in [0.05, 0.1) is 26.4 Å². The predicted molar refractivity (Wildman–Crippen MR) is 29.0 cm³/mol. The van der Waals surface area contributed by atoms with Crippen LogP contribution in [0, 0.1) is 0 Å². The SMILES string of the molecule is OCCO.OCCO.[O]=[Ti]. The quantitative estimate of drug-likeness (QED) is 0.369. The Bertz CT molecular complexity index is 28.8. The fraction of sp³-hybridized carbons (Fsp3) is 1.00. The molecule has 0 aliphatic heterocycles. The van der Waals surface area contributed by atoms with Crippen LogP contribution in [0.5, 0.6) is 0 Å². The van der Waals surface area contributed by atoms with Gasteiger partial charge >= 0.3 is 23.7 Å². The molecule has 5 nitrogen and oxygen atoms in total. The second kappa shape index (κ2) is 34.4. The van der Waals surface area contributed by atoms with Gasteiger partial charge in [0.1, 0.15) is 0 Å². The van der Waals surface area contributed by atoms with Crippen LogP contribution in [0.15, 0.2) is 0 Å². The van der Waals surface area contributed by atoms with E-state index in [0.717, 1.165) is 20.4 Å². The van der Waals surface area contributed by atoms with E-state index in [4.69, 9.17) is 23.8 Å². The van der Waals surface area contributed by atoms with Crippen LogP contribution < -0.4 is 0 Å². The minimum atomic E-state index is -0.125. The molecule has 0 aromatic rings. The van der Waals surface area contributed by atoms with E-state index in [-0.39, 0.29) is 26.4 Å². The minimum absolute atomic E-state index is 0.125. The molecule has 0 fully saturated rings. The van der Waals surface area contributed by atoms with Crippen molar-refractivity contribution in [2.45, 2.75) is 0 Å². The van der Waals surface area contributed by atoms with E-state index in [2.05, 4.69) is 0 Å². The van der Waals surface area contributed by atoms with E-state index in [1.54, 1.807) is 0 Å². The molecule has 0 radical (unpaired) electrons. The van der Waals surface area contributed by atoms with Gasteiger partial charge in [-0.2, -0.15) is 0 Å². The van der Waals surface area contributed by atoms with Gasteiger partial charge in [-0.3, -0.25) is 0 Å². The average molecular weight is 188 g/mol. The Hall–Kier alpha value is 0.354. The molecule has 0 spiro atoms. The summed E-state index contributed by atoms with van der Waals surface area (Å²) in [5, 5.41) is 30.5. The number of hydrogen-bond donors (Lipinski definition) is 4. The molecule has 0 rings (SSSR count). The van der Waals surface area contributed by atoms with Crippen LogP contribution in [0.25, 0.3) is 0 Å². The van der Waals surface area contributed by atoms with Crippen molar-refractivity contribution in [1.82, 2.24) is 0 Å². The summed E-state index contributed by atoms with van der Waals surface area (Å²) in [6, 6.07) is 0. The van der Waals surface area contributed by atoms with E-state index in [9.17, 15) is 0 Å². The Labute approximate surface area is 71.0 Å². The molecular formula is C4H12O5Ti. The van der Waals surface area contributed by atoms with Gasteiger partial charge in [-0.05, 0) is 0 Å². The van der Waals surface area contributed by atoms with Crippen LogP contribution >= 0.6 is 0 Å². The molecule has 0 amide bonds. The van der Waals surface area contributed by atoms with Crippen molar-refractivity contribution in [2.24, 2.45) is 0 Å². The molecule has 0 saturated carbocycles. The summed E-state index contributed by atoms with van der Waals surface area (Å²) < 4.78 is 8.25. The first-order chi connectivity index (χ1) is 4.83. The van der Waals surface area contributed by atoms with E-state index in [1.807, 2.05) is 0 Å². The first kappa shape index (κ1) is 16.8. The third-order valence-electron chi connectivity index (χ3n) is 0.200. The van der Waals surface area contributed by atoms with Gasteiger partial charge in [-0.25, -0.2) is 0 Å². The van der Waals surface area contributed by atoms with Gasteiger partial charge in [0.15, 0.2) is 0 Å². The maximum absolute atomic E-state index is 8.25. The number of aliphatic hydroxyl groups excluding tert-OH is 4. The molecule has 0 unspecified atom stereocenters. The number of aliphatic hydroxyl groups is 4. The van der Waals surface area contributed by atoms with Crippen LogP contribution in [0.2, 0.25) is 0 Å². The van der Waals surface area contributed by atoms with Crippen LogP contribution in [0.1, 0.15) is 0 Å². The van der Waals surface area contributed by atoms with Crippen molar-refractivity contribution in [3.05, 3.63) is 0 Å². The zero-order chi connectivity index (χ0) is 8.83. The van der Waals surface area contributed by atoms with E-state index in [0.29, 0.717) is 0 Å². The molecule has 0 aromatic carbocycles. The van der Waals surface area contributed by atoms with Crippen LogP contribution in [-0.2, 0) is 23.7 Å². The molecule has 0 aliphatic carbocycles. The molecule has 62 valence electrons. The summed E-state index contributed by atoms with van der Waals surface area (Å²) >= 11 is 0.750. The average Bonchev–Trinajstić information content (AvgIpc) is 2.08. The van der Waals surface area contributed by atoms with Crippen molar-refractivity contribution in [1.29, 1.82) is 0 Å². The molecule has 4 N–H and O–H groups in total. The van der Waals surface area contributed by atoms with Gasteiger partial charge in [0.2, 0.25) is 0 Å². The molecule has 0 aromatic heterocycles. The van der Waals surface area contributed by atoms with E-state index in [1.165, 1.54) is 0 Å². The monoisotopic (exact) mass is 188 g/mol. The Morgan fingerprint density at radius 2 is 0.800 bits per heavy atom. The van der Waals surface area contributed by atoms with Crippen LogP contribution in [0.3, 0.4) is 0 Å². The van der Waals surface area contributed by atoms with Crippen molar-refractivity contribution in [2.75, 3.05) is 26.4 Å². The Morgan fingerprint density at radius 1 is 0.700 bits per heavy atom. The fourth-order valence-electron chi connectivity index (χ4n) is 0. The number of hydrogen-bond acceptors (Lipinski definition) is 5. The third kappa shape index (κ3) is 81.5. The summed E-state index contributed by atoms with van der Waals surface area (Å²) in [6.45, 7) is -0.500. The normalized spacial score (nSPS) is 6.30. The Kier molecular flexibility index (Phi) is 57.7. The summed E-state index contributed by atoms with van der Waals surface area (Å²) in [7, 11) is 0. The Morgan fingerprint density at radius 3 is 0.800 bits per heavy atom. The maximum atomic E-state index is 8.25. The molecule has 0 aliphatic rings. The molecular weight excluding hydrogens is 176 g/mol. The van der Waals surface area contributed by atoms with E-state index < -0.39 is 0 Å². The summed E-state index contributed by atoms with van der Waals surface area (Å²) in [5.74, 6) is 0. The fourth-order valence-corrected chi connectivity index (χ4v) is 0. The zero-order valence-corrected chi connectivity index (χ0v) is 7.09. The third-order valence-corrected chi connectivity index (χ3v) is 0.200. The molecule has 0 atom stereocenters. The van der Waals surface area contributed by atoms with Crippen LogP contribution in [-0.4, -0.2) is 46.9 Å². The predicted octanol–water partition coefficient (Wildman–Crippen LogP) is -2.18. The summed E-state index contributed by atoms with van der Waals surface area (Å²) in [5.41, 5.74) is 0. The van der Waals surface area contributed by atoms with E-state index >= 15 is 0 Å². The molecule has 10 heavy (non-hydrogen) atoms. The van der Waals surface area contributed by atoms with Gasteiger partial charge < -0.3 is 20.4 Å². The molecule has 6 heteroatoms. The second-order valence-corrected chi connectivity index (χ2v) is 0.894. The van der Waals surface area contributed by atoms with Gasteiger partial charge in [-0.1, -0.05) is 0 Å². The molecule has 0 heterocycles. The molecule has 0 saturated heterocycles. The summed E-state index contributed by atoms with van der Waals surface area (Å²) in [6.07, 6.45) is 0. The van der Waals surface area contributed by atoms with Gasteiger partial charge in [-0.15, -0.1) is 0 Å². The van der Waals surface area contributed by atoms with Crippen LogP contribution in [0.4, 0.5) is 0 Å². The number of rotatable bonds is 2. The zero-order valence-electron chi connectivity index (χ0n) is 5.53. The molecule has 0 bridgehead atoms. The van der Waals surface area contributed by atoms with Crippen molar-refractivity contribution >= 4 is 0 Å². The van der Waals surface area contributed by atoms with Crippen molar-refractivity contribution in [3.8, 4) is 0 Å². The Balaban J connectivity index is -0.0000000787. The second-order valence-electron chi connectivity index (χ2n) is 0.894. The summed E-state index contributed by atoms with van der Waals surface area (Å²) in [4.78, 5) is 0. The van der Waals surface area contributed by atoms with Gasteiger partial charge in [0.25, 0.3) is 0 Å².